The lowest BCUT2D eigenvalue weighted by atomic mass is 10.0. The number of nitrogens with one attached hydrogen (secondary N) is 1. The molecule has 112 valence electrons. The van der Waals surface area contributed by atoms with Crippen molar-refractivity contribution in [3.05, 3.63) is 51.1 Å². The van der Waals surface area contributed by atoms with Gasteiger partial charge in [0.2, 0.25) is 0 Å². The van der Waals surface area contributed by atoms with Crippen molar-refractivity contribution in [2.75, 3.05) is 5.32 Å². The summed E-state index contributed by atoms with van der Waals surface area (Å²) in [5.74, 6) is -0.627. The highest BCUT2D eigenvalue weighted by atomic mass is 16.6. The lowest BCUT2D eigenvalue weighted by molar-refractivity contribution is -0.384. The molecule has 22 heavy (non-hydrogen) atoms. The van der Waals surface area contributed by atoms with Crippen molar-refractivity contribution in [3.8, 4) is 11.5 Å². The van der Waals surface area contributed by atoms with Crippen LogP contribution >= 0.6 is 0 Å². The predicted molar refractivity (Wildman–Crippen MR) is 79.3 cm³/mol. The molecule has 3 rings (SSSR count). The van der Waals surface area contributed by atoms with Crippen LogP contribution in [0.2, 0.25) is 0 Å². The van der Waals surface area contributed by atoms with Gasteiger partial charge >= 0.3 is 5.97 Å². The zero-order valence-corrected chi connectivity index (χ0v) is 11.8. The maximum absolute atomic E-state index is 11.4. The van der Waals surface area contributed by atoms with Crippen LogP contribution in [0.1, 0.15) is 21.5 Å². The molecule has 0 saturated carbocycles. The number of nitrogens with zero attached hydrogens (tertiary/aromatic N) is 1. The molecule has 1 aliphatic heterocycles. The van der Waals surface area contributed by atoms with Gasteiger partial charge in [0, 0.05) is 6.07 Å². The van der Waals surface area contributed by atoms with Gasteiger partial charge in [-0.25, -0.2) is 4.79 Å². The molecule has 0 unspecified atom stereocenters. The number of anilines is 2. The van der Waals surface area contributed by atoms with Crippen molar-refractivity contribution >= 4 is 23.0 Å². The Kier molecular flexibility index (Phi) is 2.98. The van der Waals surface area contributed by atoms with Crippen molar-refractivity contribution < 1.29 is 19.6 Å². The Morgan fingerprint density at radius 3 is 2.50 bits per heavy atom. The molecule has 0 aromatic heterocycles. The quantitative estimate of drug-likeness (QED) is 0.552. The Morgan fingerprint density at radius 1 is 1.18 bits per heavy atom. The molecule has 7 heteroatoms. The molecular formula is C15H12N2O5. The van der Waals surface area contributed by atoms with E-state index in [0.29, 0.717) is 11.4 Å². The molecule has 0 atom stereocenters. The van der Waals surface area contributed by atoms with Crippen LogP contribution in [0.5, 0.6) is 11.5 Å². The molecular weight excluding hydrogens is 288 g/mol. The molecule has 0 fully saturated rings. The summed E-state index contributed by atoms with van der Waals surface area (Å²) in [4.78, 5) is 21.7. The summed E-state index contributed by atoms with van der Waals surface area (Å²) >= 11 is 0. The molecule has 1 aliphatic rings. The lowest BCUT2D eigenvalue weighted by Crippen LogP contribution is -2.10. The van der Waals surface area contributed by atoms with E-state index in [1.807, 2.05) is 19.9 Å². The molecule has 2 N–H and O–H groups in total. The summed E-state index contributed by atoms with van der Waals surface area (Å²) in [6.07, 6.45) is 0. The Balaban J connectivity index is 2.19. The molecule has 0 amide bonds. The number of hydrogen-bond donors (Lipinski definition) is 2. The SMILES string of the molecule is Cc1cc2c(cc1C)Oc1cc([N+](=O)[O-])cc(C(=O)O)c1N2. The molecule has 0 bridgehead atoms. The fourth-order valence-corrected chi connectivity index (χ4v) is 2.31. The van der Waals surface area contributed by atoms with E-state index >= 15 is 0 Å². The van der Waals surface area contributed by atoms with Crippen LogP contribution in [0, 0.1) is 24.0 Å². The largest absolute Gasteiger partial charge is 0.478 e. The van der Waals surface area contributed by atoms with Crippen LogP contribution in [0.4, 0.5) is 17.1 Å². The van der Waals surface area contributed by atoms with Crippen molar-refractivity contribution in [2.24, 2.45) is 0 Å². The van der Waals surface area contributed by atoms with Gasteiger partial charge in [0.05, 0.1) is 27.9 Å². The van der Waals surface area contributed by atoms with E-state index in [4.69, 9.17) is 4.74 Å². The summed E-state index contributed by atoms with van der Waals surface area (Å²) in [7, 11) is 0. The molecule has 0 aliphatic carbocycles. The average Bonchev–Trinajstić information content (AvgIpc) is 2.45. The average molecular weight is 300 g/mol. The van der Waals surface area contributed by atoms with Crippen molar-refractivity contribution in [3.63, 3.8) is 0 Å². The predicted octanol–water partition coefficient (Wildman–Crippen LogP) is 3.76. The maximum atomic E-state index is 11.4. The minimum Gasteiger partial charge on any atom is -0.478 e. The van der Waals surface area contributed by atoms with E-state index in [1.54, 1.807) is 6.07 Å². The minimum absolute atomic E-state index is 0.127. The Labute approximate surface area is 125 Å². The first-order valence-electron chi connectivity index (χ1n) is 6.48. The second-order valence-corrected chi connectivity index (χ2v) is 5.09. The second-order valence-electron chi connectivity index (χ2n) is 5.09. The van der Waals surface area contributed by atoms with Gasteiger partial charge in [-0.05, 0) is 37.1 Å². The van der Waals surface area contributed by atoms with Gasteiger partial charge in [0.1, 0.15) is 0 Å². The van der Waals surface area contributed by atoms with Crippen LogP contribution in [0.15, 0.2) is 24.3 Å². The summed E-state index contributed by atoms with van der Waals surface area (Å²) in [5, 5.41) is 23.2. The van der Waals surface area contributed by atoms with Gasteiger partial charge in [0.15, 0.2) is 11.5 Å². The zero-order chi connectivity index (χ0) is 16.0. The number of nitro benzene ring substituents is 1. The highest BCUT2D eigenvalue weighted by Crippen LogP contribution is 2.46. The van der Waals surface area contributed by atoms with Gasteiger partial charge in [-0.15, -0.1) is 0 Å². The Morgan fingerprint density at radius 2 is 1.86 bits per heavy atom. The first kappa shape index (κ1) is 13.9. The molecule has 7 nitrogen and oxygen atoms in total. The lowest BCUT2D eigenvalue weighted by Gasteiger charge is -2.24. The van der Waals surface area contributed by atoms with Gasteiger partial charge in [-0.3, -0.25) is 10.1 Å². The first-order valence-corrected chi connectivity index (χ1v) is 6.48. The molecule has 0 radical (unpaired) electrons. The number of ether oxygens (including phenoxy) is 1. The van der Waals surface area contributed by atoms with Crippen LogP contribution < -0.4 is 10.1 Å². The number of carbonyl (C=O) groups is 1. The van der Waals surface area contributed by atoms with E-state index in [2.05, 4.69) is 5.32 Å². The third-order valence-corrected chi connectivity index (χ3v) is 3.60. The minimum atomic E-state index is -1.26. The maximum Gasteiger partial charge on any atom is 0.338 e. The fourth-order valence-electron chi connectivity index (χ4n) is 2.31. The Bertz CT molecular complexity index is 829. The number of rotatable bonds is 2. The van der Waals surface area contributed by atoms with E-state index in [0.717, 1.165) is 17.2 Å². The van der Waals surface area contributed by atoms with Crippen molar-refractivity contribution in [1.82, 2.24) is 0 Å². The highest BCUT2D eigenvalue weighted by molar-refractivity contribution is 5.99. The van der Waals surface area contributed by atoms with Gasteiger partial charge in [0.25, 0.3) is 5.69 Å². The van der Waals surface area contributed by atoms with Crippen LogP contribution in [-0.2, 0) is 0 Å². The standard InChI is InChI=1S/C15H12N2O5/c1-7-3-11-12(4-8(7)2)22-13-6-9(17(20)21)5-10(15(18)19)14(13)16-11/h3-6,16H,1-2H3,(H,18,19). The summed E-state index contributed by atoms with van der Waals surface area (Å²) in [6.45, 7) is 3.85. The number of aryl methyl sites for hydroxylation is 2. The first-order chi connectivity index (χ1) is 10.4. The summed E-state index contributed by atoms with van der Waals surface area (Å²) in [5.41, 5.74) is 2.35. The fraction of sp³-hybridized carbons (Fsp3) is 0.133. The molecule has 0 spiro atoms. The summed E-state index contributed by atoms with van der Waals surface area (Å²) < 4.78 is 5.66. The molecule has 0 saturated heterocycles. The number of benzene rings is 2. The van der Waals surface area contributed by atoms with Gasteiger partial charge < -0.3 is 15.2 Å². The van der Waals surface area contributed by atoms with Crippen molar-refractivity contribution in [2.45, 2.75) is 13.8 Å². The molecule has 1 heterocycles. The number of aromatic carboxylic acids is 1. The monoisotopic (exact) mass is 300 g/mol. The van der Waals surface area contributed by atoms with Crippen molar-refractivity contribution in [1.29, 1.82) is 0 Å². The Hall–Kier alpha value is -3.09. The van der Waals surface area contributed by atoms with Crippen LogP contribution in [0.25, 0.3) is 0 Å². The van der Waals surface area contributed by atoms with Crippen LogP contribution in [-0.4, -0.2) is 16.0 Å². The number of fused-ring (bicyclic) bond motifs is 2. The molecule has 2 aromatic carbocycles. The van der Waals surface area contributed by atoms with E-state index in [1.165, 1.54) is 6.07 Å². The zero-order valence-electron chi connectivity index (χ0n) is 11.8. The van der Waals surface area contributed by atoms with Crippen LogP contribution in [0.3, 0.4) is 0 Å². The second kappa shape index (κ2) is 4.73. The third kappa shape index (κ3) is 2.12. The van der Waals surface area contributed by atoms with E-state index in [9.17, 15) is 20.0 Å². The van der Waals surface area contributed by atoms with Gasteiger partial charge in [-0.1, -0.05) is 0 Å². The third-order valence-electron chi connectivity index (χ3n) is 3.60. The number of carboxylic acids is 1. The topological polar surface area (TPSA) is 102 Å². The number of nitro groups is 1. The van der Waals surface area contributed by atoms with E-state index < -0.39 is 10.9 Å². The highest BCUT2D eigenvalue weighted by Gasteiger charge is 2.26. The number of hydrogen-bond acceptors (Lipinski definition) is 5. The normalized spacial score (nSPS) is 11.7. The number of non-ortho nitro benzene ring substituents is 1. The van der Waals surface area contributed by atoms with E-state index in [-0.39, 0.29) is 22.7 Å². The van der Waals surface area contributed by atoms with Gasteiger partial charge in [-0.2, -0.15) is 0 Å². The smallest absolute Gasteiger partial charge is 0.338 e. The summed E-state index contributed by atoms with van der Waals surface area (Å²) in [6, 6.07) is 5.89. The molecule has 2 aromatic rings. The number of carboxylic acid groups (broad SMARTS) is 1.